The molecule has 140 valence electrons. The molecule has 3 heterocycles. The fourth-order valence-electron chi connectivity index (χ4n) is 3.31. The molecule has 4 rings (SSSR count). The van der Waals surface area contributed by atoms with Crippen LogP contribution in [0.25, 0.3) is 11.3 Å². The summed E-state index contributed by atoms with van der Waals surface area (Å²) in [5, 5.41) is 8.74. The monoisotopic (exact) mass is 385 g/mol. The lowest BCUT2D eigenvalue weighted by atomic mass is 10.1. The molecule has 0 unspecified atom stereocenters. The van der Waals surface area contributed by atoms with E-state index in [-0.39, 0.29) is 23.6 Å². The molecule has 3 aromatic rings. The third-order valence-corrected chi connectivity index (χ3v) is 5.09. The second-order valence-corrected chi connectivity index (χ2v) is 7.49. The number of likely N-dealkylation sites (tertiary alicyclic amines) is 1. The molecular weight excluding hydrogens is 366 g/mol. The highest BCUT2D eigenvalue weighted by Gasteiger charge is 2.34. The lowest BCUT2D eigenvalue weighted by Gasteiger charge is -2.21. The predicted molar refractivity (Wildman–Crippen MR) is 101 cm³/mol. The summed E-state index contributed by atoms with van der Waals surface area (Å²) in [7, 11) is 0. The van der Waals surface area contributed by atoms with E-state index >= 15 is 0 Å². The number of benzene rings is 1. The van der Waals surface area contributed by atoms with Gasteiger partial charge >= 0.3 is 0 Å². The summed E-state index contributed by atoms with van der Waals surface area (Å²) in [6, 6.07) is 10.7. The van der Waals surface area contributed by atoms with E-state index in [1.807, 2.05) is 18.2 Å². The van der Waals surface area contributed by atoms with Crippen LogP contribution in [0.2, 0.25) is 5.02 Å². The predicted octanol–water partition coefficient (Wildman–Crippen LogP) is 5.08. The van der Waals surface area contributed by atoms with Crippen molar-refractivity contribution in [2.45, 2.75) is 38.6 Å². The minimum atomic E-state index is -0.163. The van der Waals surface area contributed by atoms with Gasteiger partial charge in [-0.1, -0.05) is 35.8 Å². The maximum atomic E-state index is 13.0. The molecule has 0 radical (unpaired) electrons. The van der Waals surface area contributed by atoms with Gasteiger partial charge in [0.25, 0.3) is 5.91 Å². The third kappa shape index (κ3) is 3.49. The molecule has 0 bridgehead atoms. The number of aromatic nitrogens is 2. The van der Waals surface area contributed by atoms with E-state index in [1.165, 1.54) is 0 Å². The highest BCUT2D eigenvalue weighted by Crippen LogP contribution is 2.34. The minimum Gasteiger partial charge on any atom is -0.359 e. The molecule has 1 aromatic carbocycles. The number of carbonyl (C=O) groups is 1. The number of hydrogen-bond donors (Lipinski definition) is 0. The molecule has 1 fully saturated rings. The fraction of sp³-hybridized carbons (Fsp3) is 0.350. The Morgan fingerprint density at radius 2 is 1.96 bits per heavy atom. The summed E-state index contributed by atoms with van der Waals surface area (Å²) in [5.41, 5.74) is 2.01. The molecule has 2 aromatic heterocycles. The molecule has 1 atom stereocenters. The van der Waals surface area contributed by atoms with Gasteiger partial charge in [-0.3, -0.25) is 4.79 Å². The topological polar surface area (TPSA) is 72.4 Å². The third-order valence-electron chi connectivity index (χ3n) is 4.84. The maximum absolute atomic E-state index is 13.0. The van der Waals surface area contributed by atoms with Gasteiger partial charge in [-0.2, -0.15) is 0 Å². The minimum absolute atomic E-state index is 0.117. The van der Waals surface area contributed by atoms with Crippen molar-refractivity contribution in [3.63, 3.8) is 0 Å². The van der Waals surface area contributed by atoms with Crippen LogP contribution < -0.4 is 0 Å². The standard InChI is InChI=1S/C20H20ClN3O3/c1-12(2)15-10-19(27-22-15)17-4-3-9-24(17)20(25)16-11-18(26-23-16)13-5-7-14(21)8-6-13/h5-8,10-12,17H,3-4,9H2,1-2H3/t17-/m0/s1. The number of carbonyl (C=O) groups excluding carboxylic acids is 1. The molecule has 6 nitrogen and oxygen atoms in total. The van der Waals surface area contributed by atoms with Gasteiger partial charge in [0.1, 0.15) is 0 Å². The zero-order valence-electron chi connectivity index (χ0n) is 15.2. The fourth-order valence-corrected chi connectivity index (χ4v) is 3.44. The first-order valence-corrected chi connectivity index (χ1v) is 9.41. The van der Waals surface area contributed by atoms with Crippen molar-refractivity contribution in [3.05, 3.63) is 58.6 Å². The zero-order chi connectivity index (χ0) is 19.0. The SMILES string of the molecule is CC(C)c1cc([C@@H]2CCCN2C(=O)c2cc(-c3ccc(Cl)cc3)on2)on1. The number of amides is 1. The van der Waals surface area contributed by atoms with E-state index in [0.717, 1.165) is 29.9 Å². The molecule has 1 amide bonds. The van der Waals surface area contributed by atoms with E-state index < -0.39 is 0 Å². The summed E-state index contributed by atoms with van der Waals surface area (Å²) >= 11 is 5.92. The van der Waals surface area contributed by atoms with Gasteiger partial charge in [0.05, 0.1) is 11.7 Å². The lowest BCUT2D eigenvalue weighted by molar-refractivity contribution is 0.0704. The van der Waals surface area contributed by atoms with Crippen LogP contribution in [0.1, 0.15) is 60.6 Å². The Morgan fingerprint density at radius 1 is 1.19 bits per heavy atom. The summed E-state index contributed by atoms with van der Waals surface area (Å²) in [6.45, 7) is 4.78. The van der Waals surface area contributed by atoms with Gasteiger partial charge in [0.2, 0.25) is 0 Å². The van der Waals surface area contributed by atoms with Crippen LogP contribution in [0, 0.1) is 0 Å². The van der Waals surface area contributed by atoms with E-state index in [2.05, 4.69) is 24.2 Å². The number of nitrogens with zero attached hydrogens (tertiary/aromatic N) is 3. The van der Waals surface area contributed by atoms with Gasteiger partial charge in [-0.05, 0) is 43.0 Å². The van der Waals surface area contributed by atoms with Crippen molar-refractivity contribution in [2.75, 3.05) is 6.54 Å². The summed E-state index contributed by atoms with van der Waals surface area (Å²) in [5.74, 6) is 1.38. The molecule has 1 aliphatic rings. The highest BCUT2D eigenvalue weighted by molar-refractivity contribution is 6.30. The summed E-state index contributed by atoms with van der Waals surface area (Å²) in [4.78, 5) is 14.8. The van der Waals surface area contributed by atoms with Crippen molar-refractivity contribution in [2.24, 2.45) is 0 Å². The maximum Gasteiger partial charge on any atom is 0.276 e. The zero-order valence-corrected chi connectivity index (χ0v) is 15.9. The second kappa shape index (κ2) is 7.19. The van der Waals surface area contributed by atoms with Gasteiger partial charge in [-0.15, -0.1) is 0 Å². The second-order valence-electron chi connectivity index (χ2n) is 7.05. The number of halogens is 1. The van der Waals surface area contributed by atoms with Crippen LogP contribution in [0.4, 0.5) is 0 Å². The van der Waals surface area contributed by atoms with Crippen LogP contribution in [0.5, 0.6) is 0 Å². The average molecular weight is 386 g/mol. The Balaban J connectivity index is 1.55. The highest BCUT2D eigenvalue weighted by atomic mass is 35.5. The average Bonchev–Trinajstić information content (AvgIpc) is 3.40. The Labute approximate surface area is 162 Å². The molecule has 1 saturated heterocycles. The van der Waals surface area contributed by atoms with Crippen molar-refractivity contribution in [3.8, 4) is 11.3 Å². The first-order chi connectivity index (χ1) is 13.0. The largest absolute Gasteiger partial charge is 0.359 e. The first kappa shape index (κ1) is 17.8. The lowest BCUT2D eigenvalue weighted by Crippen LogP contribution is -2.30. The van der Waals surface area contributed by atoms with Crippen molar-refractivity contribution >= 4 is 17.5 Å². The molecular formula is C20H20ClN3O3. The quantitative estimate of drug-likeness (QED) is 0.625. The summed E-state index contributed by atoms with van der Waals surface area (Å²) in [6.07, 6.45) is 1.76. The van der Waals surface area contributed by atoms with E-state index in [9.17, 15) is 4.79 Å². The van der Waals surface area contributed by atoms with Crippen LogP contribution >= 0.6 is 11.6 Å². The Bertz CT molecular complexity index is 946. The normalized spacial score (nSPS) is 17.0. The molecule has 0 spiro atoms. The first-order valence-electron chi connectivity index (χ1n) is 9.03. The van der Waals surface area contributed by atoms with Crippen LogP contribution in [-0.4, -0.2) is 27.7 Å². The molecule has 7 heteroatoms. The van der Waals surface area contributed by atoms with E-state index in [1.54, 1.807) is 23.1 Å². The molecule has 1 aliphatic heterocycles. The van der Waals surface area contributed by atoms with Crippen LogP contribution in [-0.2, 0) is 0 Å². The smallest absolute Gasteiger partial charge is 0.276 e. The van der Waals surface area contributed by atoms with Crippen molar-refractivity contribution in [1.82, 2.24) is 15.2 Å². The van der Waals surface area contributed by atoms with Gasteiger partial charge in [0.15, 0.2) is 17.2 Å². The Hall–Kier alpha value is -2.60. The molecule has 0 aliphatic carbocycles. The van der Waals surface area contributed by atoms with Crippen LogP contribution in [0.15, 0.2) is 45.4 Å². The van der Waals surface area contributed by atoms with E-state index in [4.69, 9.17) is 20.6 Å². The Kier molecular flexibility index (Phi) is 4.74. The van der Waals surface area contributed by atoms with Gasteiger partial charge < -0.3 is 13.9 Å². The molecule has 0 N–H and O–H groups in total. The van der Waals surface area contributed by atoms with Gasteiger partial charge in [-0.25, -0.2) is 0 Å². The van der Waals surface area contributed by atoms with Crippen molar-refractivity contribution < 1.29 is 13.8 Å². The van der Waals surface area contributed by atoms with Crippen molar-refractivity contribution in [1.29, 1.82) is 0 Å². The van der Waals surface area contributed by atoms with Crippen LogP contribution in [0.3, 0.4) is 0 Å². The molecule has 0 saturated carbocycles. The Morgan fingerprint density at radius 3 is 2.67 bits per heavy atom. The molecule has 27 heavy (non-hydrogen) atoms. The van der Waals surface area contributed by atoms with Gasteiger partial charge in [0, 0.05) is 29.3 Å². The number of rotatable bonds is 4. The number of hydrogen-bond acceptors (Lipinski definition) is 5. The summed E-state index contributed by atoms with van der Waals surface area (Å²) < 4.78 is 10.9. The van der Waals surface area contributed by atoms with E-state index in [0.29, 0.717) is 17.3 Å².